The van der Waals surface area contributed by atoms with Crippen LogP contribution in [0.3, 0.4) is 0 Å². The molecule has 2 nitrogen and oxygen atoms in total. The van der Waals surface area contributed by atoms with E-state index in [9.17, 15) is 4.79 Å². The minimum atomic E-state index is 0.189. The Morgan fingerprint density at radius 1 is 1.57 bits per heavy atom. The summed E-state index contributed by atoms with van der Waals surface area (Å²) in [5.74, 6) is 2.81. The highest BCUT2D eigenvalue weighted by molar-refractivity contribution is 5.73. The lowest BCUT2D eigenvalue weighted by molar-refractivity contribution is -0.129. The summed E-state index contributed by atoms with van der Waals surface area (Å²) in [6, 6.07) is 0.415. The molecule has 1 amide bonds. The van der Waals surface area contributed by atoms with Gasteiger partial charge in [0, 0.05) is 25.9 Å². The van der Waals surface area contributed by atoms with Crippen molar-refractivity contribution < 1.29 is 4.79 Å². The second-order valence-corrected chi connectivity index (χ2v) is 3.25. The predicted octanol–water partition coefficient (Wildman–Crippen LogP) is 2.44. The summed E-state index contributed by atoms with van der Waals surface area (Å²) in [6.45, 7) is 6.55. The van der Waals surface area contributed by atoms with Crippen LogP contribution in [0.25, 0.3) is 0 Å². The highest BCUT2D eigenvalue weighted by atomic mass is 16.2. The van der Waals surface area contributed by atoms with E-state index >= 15 is 0 Å². The highest BCUT2D eigenvalue weighted by Crippen LogP contribution is 2.20. The fourth-order valence-electron chi connectivity index (χ4n) is 1.80. The van der Waals surface area contributed by atoms with Crippen LogP contribution in [0.1, 0.15) is 46.5 Å². The van der Waals surface area contributed by atoms with Crippen molar-refractivity contribution in [3.8, 4) is 12.3 Å². The van der Waals surface area contributed by atoms with Gasteiger partial charge in [0.1, 0.15) is 0 Å². The number of likely N-dealkylation sites (tertiary alicyclic amines) is 1. The van der Waals surface area contributed by atoms with E-state index in [2.05, 4.69) is 5.92 Å². The summed E-state index contributed by atoms with van der Waals surface area (Å²) in [7, 11) is 0. The van der Waals surface area contributed by atoms with Gasteiger partial charge in [-0.3, -0.25) is 4.79 Å². The third-order valence-corrected chi connectivity index (χ3v) is 2.40. The zero-order chi connectivity index (χ0) is 11.0. The monoisotopic (exact) mass is 195 g/mol. The van der Waals surface area contributed by atoms with E-state index < -0.39 is 0 Å². The third-order valence-electron chi connectivity index (χ3n) is 2.40. The molecular formula is C12H21NO. The molecule has 0 aliphatic carbocycles. The molecule has 1 heterocycles. The summed E-state index contributed by atoms with van der Waals surface area (Å²) in [5.41, 5.74) is 0. The van der Waals surface area contributed by atoms with E-state index in [-0.39, 0.29) is 5.91 Å². The summed E-state index contributed by atoms with van der Waals surface area (Å²) in [4.78, 5) is 13.0. The van der Waals surface area contributed by atoms with Crippen LogP contribution in [0.2, 0.25) is 0 Å². The fourth-order valence-corrected chi connectivity index (χ4v) is 1.80. The molecule has 1 aliphatic rings. The van der Waals surface area contributed by atoms with Gasteiger partial charge >= 0.3 is 0 Å². The lowest BCUT2D eigenvalue weighted by Crippen LogP contribution is -2.33. The van der Waals surface area contributed by atoms with Gasteiger partial charge < -0.3 is 4.90 Å². The first-order valence-corrected chi connectivity index (χ1v) is 5.46. The Balaban J connectivity index is 0.000000791. The van der Waals surface area contributed by atoms with E-state index in [1.165, 1.54) is 0 Å². The highest BCUT2D eigenvalue weighted by Gasteiger charge is 2.25. The van der Waals surface area contributed by atoms with Crippen LogP contribution in [-0.4, -0.2) is 23.4 Å². The van der Waals surface area contributed by atoms with E-state index in [1.54, 1.807) is 6.92 Å². The number of nitrogens with zero attached hydrogens (tertiary/aromatic N) is 1. The molecule has 0 N–H and O–H groups in total. The molecular weight excluding hydrogens is 174 g/mol. The largest absolute Gasteiger partial charge is 0.340 e. The van der Waals surface area contributed by atoms with Crippen LogP contribution >= 0.6 is 0 Å². The Morgan fingerprint density at radius 3 is 2.71 bits per heavy atom. The summed E-state index contributed by atoms with van der Waals surface area (Å²) < 4.78 is 0. The maximum absolute atomic E-state index is 11.1. The molecule has 0 bridgehead atoms. The van der Waals surface area contributed by atoms with Crippen LogP contribution in [-0.2, 0) is 4.79 Å². The second kappa shape index (κ2) is 7.44. The zero-order valence-electron chi connectivity index (χ0n) is 9.55. The van der Waals surface area contributed by atoms with Gasteiger partial charge in [-0.05, 0) is 19.3 Å². The standard InChI is InChI=1S/C10H15NO.C2H6/c1-3-4-6-10-7-5-8-11(10)9(2)12;1-2/h1,10H,4-8H2,2H3;1-2H3. The molecule has 1 rings (SSSR count). The number of carbonyl (C=O) groups is 1. The van der Waals surface area contributed by atoms with Crippen molar-refractivity contribution in [2.45, 2.75) is 52.5 Å². The molecule has 1 saturated heterocycles. The van der Waals surface area contributed by atoms with Crippen LogP contribution in [0.15, 0.2) is 0 Å². The molecule has 1 fully saturated rings. The van der Waals surface area contributed by atoms with Crippen LogP contribution in [0.5, 0.6) is 0 Å². The molecule has 2 heteroatoms. The first kappa shape index (κ1) is 13.0. The molecule has 1 aliphatic heterocycles. The molecule has 1 atom stereocenters. The van der Waals surface area contributed by atoms with Crippen molar-refractivity contribution in [1.29, 1.82) is 0 Å². The van der Waals surface area contributed by atoms with Crippen molar-refractivity contribution in [3.63, 3.8) is 0 Å². The summed E-state index contributed by atoms with van der Waals surface area (Å²) in [5, 5.41) is 0. The van der Waals surface area contributed by atoms with Gasteiger partial charge in [-0.1, -0.05) is 13.8 Å². The molecule has 0 aromatic carbocycles. The van der Waals surface area contributed by atoms with Crippen LogP contribution < -0.4 is 0 Å². The Hall–Kier alpha value is -0.970. The molecule has 0 radical (unpaired) electrons. The smallest absolute Gasteiger partial charge is 0.219 e. The van der Waals surface area contributed by atoms with Gasteiger partial charge in [-0.25, -0.2) is 0 Å². The van der Waals surface area contributed by atoms with Crippen molar-refractivity contribution in [2.75, 3.05) is 6.54 Å². The van der Waals surface area contributed by atoms with Crippen molar-refractivity contribution in [2.24, 2.45) is 0 Å². The number of hydrogen-bond acceptors (Lipinski definition) is 1. The number of amides is 1. The van der Waals surface area contributed by atoms with Gasteiger partial charge in [0.05, 0.1) is 0 Å². The minimum Gasteiger partial charge on any atom is -0.340 e. The van der Waals surface area contributed by atoms with Gasteiger partial charge in [0.15, 0.2) is 0 Å². The first-order valence-electron chi connectivity index (χ1n) is 5.46. The number of rotatable bonds is 2. The maximum Gasteiger partial charge on any atom is 0.219 e. The Bertz CT molecular complexity index is 205. The molecule has 1 unspecified atom stereocenters. The molecule has 0 aromatic rings. The molecule has 14 heavy (non-hydrogen) atoms. The minimum absolute atomic E-state index is 0.189. The topological polar surface area (TPSA) is 20.3 Å². The van der Waals surface area contributed by atoms with Gasteiger partial charge in [-0.2, -0.15) is 0 Å². The van der Waals surface area contributed by atoms with Crippen molar-refractivity contribution in [1.82, 2.24) is 4.90 Å². The van der Waals surface area contributed by atoms with E-state index in [1.807, 2.05) is 18.7 Å². The lowest BCUT2D eigenvalue weighted by Gasteiger charge is -2.22. The molecule has 0 aromatic heterocycles. The van der Waals surface area contributed by atoms with Crippen molar-refractivity contribution in [3.05, 3.63) is 0 Å². The zero-order valence-corrected chi connectivity index (χ0v) is 9.55. The average Bonchev–Trinajstić information content (AvgIpc) is 2.66. The lowest BCUT2D eigenvalue weighted by atomic mass is 10.1. The number of carbonyl (C=O) groups excluding carboxylic acids is 1. The normalized spacial score (nSPS) is 19.6. The van der Waals surface area contributed by atoms with E-state index in [0.29, 0.717) is 6.04 Å². The Labute approximate surface area is 87.7 Å². The van der Waals surface area contributed by atoms with Gasteiger partial charge in [0.2, 0.25) is 5.91 Å². The Kier molecular flexibility index (Phi) is 6.92. The van der Waals surface area contributed by atoms with Gasteiger partial charge in [0.25, 0.3) is 0 Å². The quantitative estimate of drug-likeness (QED) is 0.620. The molecule has 0 spiro atoms. The Morgan fingerprint density at radius 2 is 2.21 bits per heavy atom. The first-order chi connectivity index (χ1) is 6.75. The summed E-state index contributed by atoms with van der Waals surface area (Å²) >= 11 is 0. The van der Waals surface area contributed by atoms with E-state index in [0.717, 1.165) is 32.2 Å². The van der Waals surface area contributed by atoms with Crippen molar-refractivity contribution >= 4 is 5.91 Å². The summed E-state index contributed by atoms with van der Waals surface area (Å²) in [6.07, 6.45) is 9.19. The average molecular weight is 195 g/mol. The molecule has 0 saturated carbocycles. The second-order valence-electron chi connectivity index (χ2n) is 3.25. The van der Waals surface area contributed by atoms with Crippen LogP contribution in [0, 0.1) is 12.3 Å². The SMILES string of the molecule is C#CCCC1CCCN1C(C)=O.CC. The number of hydrogen-bond donors (Lipinski definition) is 0. The van der Waals surface area contributed by atoms with Gasteiger partial charge in [-0.15, -0.1) is 12.3 Å². The maximum atomic E-state index is 11.1. The number of terminal acetylenes is 1. The van der Waals surface area contributed by atoms with E-state index in [4.69, 9.17) is 6.42 Å². The fraction of sp³-hybridized carbons (Fsp3) is 0.750. The predicted molar refractivity (Wildman–Crippen MR) is 59.8 cm³/mol. The molecule has 80 valence electrons. The third kappa shape index (κ3) is 3.83. The van der Waals surface area contributed by atoms with Crippen LogP contribution in [0.4, 0.5) is 0 Å².